The second-order valence-electron chi connectivity index (χ2n) is 5.46. The predicted molar refractivity (Wildman–Crippen MR) is 78.7 cm³/mol. The molecule has 0 spiro atoms. The van der Waals surface area contributed by atoms with Crippen LogP contribution in [0.2, 0.25) is 0 Å². The molecule has 0 heterocycles. The van der Waals surface area contributed by atoms with Crippen molar-refractivity contribution in [3.63, 3.8) is 0 Å². The van der Waals surface area contributed by atoms with Crippen LogP contribution in [0, 0.1) is 16.7 Å². The summed E-state index contributed by atoms with van der Waals surface area (Å²) in [4.78, 5) is 14.4. The number of nitrogens with zero attached hydrogens (tertiary/aromatic N) is 2. The highest BCUT2D eigenvalue weighted by Crippen LogP contribution is 2.29. The summed E-state index contributed by atoms with van der Waals surface area (Å²) in [5, 5.41) is 12.3. The van der Waals surface area contributed by atoms with E-state index in [2.05, 4.69) is 16.3 Å². The number of hydrogen-bond donors (Lipinski definition) is 1. The largest absolute Gasteiger partial charge is 0.355 e. The number of carbonyl (C=O) groups excluding carboxylic acids is 1. The van der Waals surface area contributed by atoms with Gasteiger partial charge in [0, 0.05) is 6.54 Å². The quantitative estimate of drug-likeness (QED) is 0.619. The monoisotopic (exact) mass is 267 g/mol. The Bertz CT molecular complexity index is 288. The molecule has 0 bridgehead atoms. The number of amides is 1. The Morgan fingerprint density at radius 2 is 1.79 bits per heavy atom. The van der Waals surface area contributed by atoms with E-state index in [9.17, 15) is 10.1 Å². The summed E-state index contributed by atoms with van der Waals surface area (Å²) in [5.41, 5.74) is -0.814. The molecule has 0 saturated carbocycles. The SMILES string of the molecule is CCCC(C#N)(CCC)C(=O)NCCCCN(C)C. The van der Waals surface area contributed by atoms with Crippen LogP contribution in [-0.4, -0.2) is 38.0 Å². The van der Waals surface area contributed by atoms with E-state index in [1.165, 1.54) is 0 Å². The molecule has 0 aliphatic heterocycles. The standard InChI is InChI=1S/C15H29N3O/c1-5-9-15(13-16,10-6-2)14(19)17-11-7-8-12-18(3)4/h5-12H2,1-4H3,(H,17,19). The van der Waals surface area contributed by atoms with Crippen molar-refractivity contribution < 1.29 is 4.79 Å². The fourth-order valence-electron chi connectivity index (χ4n) is 2.29. The summed E-state index contributed by atoms with van der Waals surface area (Å²) >= 11 is 0. The zero-order valence-electron chi connectivity index (χ0n) is 13.0. The van der Waals surface area contributed by atoms with Crippen molar-refractivity contribution in [3.05, 3.63) is 0 Å². The van der Waals surface area contributed by atoms with Crippen molar-refractivity contribution in [2.45, 2.75) is 52.4 Å². The molecule has 0 saturated heterocycles. The topological polar surface area (TPSA) is 56.1 Å². The van der Waals surface area contributed by atoms with Gasteiger partial charge in [0.25, 0.3) is 0 Å². The molecule has 110 valence electrons. The number of nitriles is 1. The van der Waals surface area contributed by atoms with E-state index in [4.69, 9.17) is 0 Å². The van der Waals surface area contributed by atoms with Crippen LogP contribution < -0.4 is 5.32 Å². The summed E-state index contributed by atoms with van der Waals surface area (Å²) in [5.74, 6) is -0.0800. The normalized spacial score (nSPS) is 11.4. The first kappa shape index (κ1) is 17.9. The van der Waals surface area contributed by atoms with Crippen molar-refractivity contribution in [2.75, 3.05) is 27.2 Å². The van der Waals surface area contributed by atoms with Gasteiger partial charge in [0.05, 0.1) is 6.07 Å². The van der Waals surface area contributed by atoms with Crippen LogP contribution in [0.1, 0.15) is 52.4 Å². The molecule has 4 heteroatoms. The van der Waals surface area contributed by atoms with Crippen LogP contribution in [0.4, 0.5) is 0 Å². The second-order valence-corrected chi connectivity index (χ2v) is 5.46. The third-order valence-corrected chi connectivity index (χ3v) is 3.32. The fraction of sp³-hybridized carbons (Fsp3) is 0.867. The first-order valence-electron chi connectivity index (χ1n) is 7.36. The lowest BCUT2D eigenvalue weighted by Crippen LogP contribution is -2.40. The van der Waals surface area contributed by atoms with Gasteiger partial charge in [-0.3, -0.25) is 4.79 Å². The van der Waals surface area contributed by atoms with Crippen molar-refractivity contribution in [3.8, 4) is 6.07 Å². The van der Waals surface area contributed by atoms with Gasteiger partial charge in [0.2, 0.25) is 5.91 Å². The van der Waals surface area contributed by atoms with Gasteiger partial charge in [-0.1, -0.05) is 26.7 Å². The van der Waals surface area contributed by atoms with E-state index >= 15 is 0 Å². The Kier molecular flexibility index (Phi) is 9.24. The van der Waals surface area contributed by atoms with Gasteiger partial charge < -0.3 is 10.2 Å². The molecule has 1 N–H and O–H groups in total. The highest BCUT2D eigenvalue weighted by molar-refractivity contribution is 5.85. The van der Waals surface area contributed by atoms with Crippen molar-refractivity contribution >= 4 is 5.91 Å². The summed E-state index contributed by atoms with van der Waals surface area (Å²) in [7, 11) is 4.09. The first-order valence-corrected chi connectivity index (χ1v) is 7.36. The maximum absolute atomic E-state index is 12.2. The number of unbranched alkanes of at least 4 members (excludes halogenated alkanes) is 1. The molecular formula is C15H29N3O. The molecule has 19 heavy (non-hydrogen) atoms. The maximum Gasteiger partial charge on any atom is 0.240 e. The van der Waals surface area contributed by atoms with E-state index in [0.29, 0.717) is 19.4 Å². The predicted octanol–water partition coefficient (Wildman–Crippen LogP) is 2.55. The zero-order valence-corrected chi connectivity index (χ0v) is 13.0. The molecule has 0 aliphatic rings. The van der Waals surface area contributed by atoms with Crippen LogP contribution in [0.25, 0.3) is 0 Å². The Morgan fingerprint density at radius 1 is 1.21 bits per heavy atom. The van der Waals surface area contributed by atoms with Crippen LogP contribution in [-0.2, 0) is 4.79 Å². The number of nitrogens with one attached hydrogen (secondary N) is 1. The average Bonchev–Trinajstić information content (AvgIpc) is 2.37. The molecule has 4 nitrogen and oxygen atoms in total. The van der Waals surface area contributed by atoms with Crippen LogP contribution >= 0.6 is 0 Å². The molecule has 0 aromatic heterocycles. The van der Waals surface area contributed by atoms with Gasteiger partial charge in [0.1, 0.15) is 5.41 Å². The van der Waals surface area contributed by atoms with E-state index in [-0.39, 0.29) is 5.91 Å². The fourth-order valence-corrected chi connectivity index (χ4v) is 2.29. The lowest BCUT2D eigenvalue weighted by atomic mass is 9.80. The average molecular weight is 267 g/mol. The Labute approximate surface area is 118 Å². The molecule has 0 aromatic carbocycles. The van der Waals surface area contributed by atoms with Gasteiger partial charge in [-0.2, -0.15) is 5.26 Å². The first-order chi connectivity index (χ1) is 9.02. The van der Waals surface area contributed by atoms with Crippen LogP contribution in [0.5, 0.6) is 0 Å². The van der Waals surface area contributed by atoms with E-state index in [1.807, 2.05) is 27.9 Å². The Hall–Kier alpha value is -1.08. The molecule has 0 aliphatic carbocycles. The summed E-state index contributed by atoms with van der Waals surface area (Å²) in [6.45, 7) is 5.74. The van der Waals surface area contributed by atoms with Crippen molar-refractivity contribution in [2.24, 2.45) is 5.41 Å². The van der Waals surface area contributed by atoms with Gasteiger partial charge in [-0.25, -0.2) is 0 Å². The number of rotatable bonds is 10. The minimum Gasteiger partial charge on any atom is -0.355 e. The van der Waals surface area contributed by atoms with Gasteiger partial charge in [-0.15, -0.1) is 0 Å². The summed E-state index contributed by atoms with van der Waals surface area (Å²) in [6.07, 6.45) is 5.06. The van der Waals surface area contributed by atoms with E-state index in [1.54, 1.807) is 0 Å². The lowest BCUT2D eigenvalue weighted by molar-refractivity contribution is -0.128. The summed E-state index contributed by atoms with van der Waals surface area (Å²) in [6, 6.07) is 2.26. The molecule has 1 amide bonds. The maximum atomic E-state index is 12.2. The van der Waals surface area contributed by atoms with Crippen molar-refractivity contribution in [1.29, 1.82) is 5.26 Å². The van der Waals surface area contributed by atoms with E-state index in [0.717, 1.165) is 32.2 Å². The van der Waals surface area contributed by atoms with Gasteiger partial charge in [-0.05, 0) is 46.3 Å². The minimum atomic E-state index is -0.814. The molecule has 0 unspecified atom stereocenters. The van der Waals surface area contributed by atoms with Gasteiger partial charge >= 0.3 is 0 Å². The van der Waals surface area contributed by atoms with E-state index < -0.39 is 5.41 Å². The molecular weight excluding hydrogens is 238 g/mol. The lowest BCUT2D eigenvalue weighted by Gasteiger charge is -2.24. The number of hydrogen-bond acceptors (Lipinski definition) is 3. The third-order valence-electron chi connectivity index (χ3n) is 3.32. The Balaban J connectivity index is 4.22. The molecule has 0 atom stereocenters. The molecule has 0 rings (SSSR count). The highest BCUT2D eigenvalue weighted by atomic mass is 16.2. The number of carbonyl (C=O) groups is 1. The zero-order chi connectivity index (χ0) is 14.7. The smallest absolute Gasteiger partial charge is 0.240 e. The summed E-state index contributed by atoms with van der Waals surface area (Å²) < 4.78 is 0. The van der Waals surface area contributed by atoms with Crippen LogP contribution in [0.3, 0.4) is 0 Å². The van der Waals surface area contributed by atoms with Crippen LogP contribution in [0.15, 0.2) is 0 Å². The van der Waals surface area contributed by atoms with Crippen molar-refractivity contribution in [1.82, 2.24) is 10.2 Å². The second kappa shape index (κ2) is 9.80. The molecule has 0 radical (unpaired) electrons. The molecule has 0 aromatic rings. The highest BCUT2D eigenvalue weighted by Gasteiger charge is 2.36. The minimum absolute atomic E-state index is 0.0800. The molecule has 0 fully saturated rings. The third kappa shape index (κ3) is 6.58. The Morgan fingerprint density at radius 3 is 2.21 bits per heavy atom. The van der Waals surface area contributed by atoms with Gasteiger partial charge in [0.15, 0.2) is 0 Å².